The summed E-state index contributed by atoms with van der Waals surface area (Å²) in [5, 5.41) is 2.48. The highest BCUT2D eigenvalue weighted by atomic mass is 79.9. The van der Waals surface area contributed by atoms with Crippen LogP contribution in [0.4, 0.5) is 10.1 Å². The monoisotopic (exact) mass is 379 g/mol. The lowest BCUT2D eigenvalue weighted by Crippen LogP contribution is -2.09. The minimum Gasteiger partial charge on any atom is -0.497 e. The van der Waals surface area contributed by atoms with E-state index in [9.17, 15) is 9.18 Å². The zero-order chi connectivity index (χ0) is 16.8. The number of carbonyl (C=O) groups excluding carboxylic acids is 1. The topological polar surface area (TPSA) is 47.6 Å². The van der Waals surface area contributed by atoms with E-state index in [0.717, 1.165) is 0 Å². The highest BCUT2D eigenvalue weighted by Crippen LogP contribution is 2.25. The van der Waals surface area contributed by atoms with Crippen LogP contribution >= 0.6 is 15.9 Å². The first kappa shape index (κ1) is 17.0. The molecule has 2 rings (SSSR count). The van der Waals surface area contributed by atoms with E-state index < -0.39 is 11.7 Å². The lowest BCUT2D eigenvalue weighted by molar-refractivity contribution is -0.111. The van der Waals surface area contributed by atoms with Gasteiger partial charge in [0.15, 0.2) is 0 Å². The number of ether oxygens (including phenoxy) is 2. The third-order valence-corrected chi connectivity index (χ3v) is 3.54. The maximum absolute atomic E-state index is 13.7. The fraction of sp³-hybridized carbons (Fsp3) is 0.118. The molecule has 2 aromatic rings. The molecule has 23 heavy (non-hydrogen) atoms. The number of hydrogen-bond acceptors (Lipinski definition) is 3. The van der Waals surface area contributed by atoms with Gasteiger partial charge in [-0.1, -0.05) is 15.9 Å². The number of nitrogens with one attached hydrogen (secondary N) is 1. The van der Waals surface area contributed by atoms with E-state index in [1.807, 2.05) is 0 Å². The number of methoxy groups -OCH3 is 2. The molecule has 0 heterocycles. The van der Waals surface area contributed by atoms with Gasteiger partial charge in [0.2, 0.25) is 5.91 Å². The summed E-state index contributed by atoms with van der Waals surface area (Å²) in [6, 6.07) is 9.65. The van der Waals surface area contributed by atoms with Gasteiger partial charge in [-0.2, -0.15) is 0 Å². The molecule has 0 aliphatic carbocycles. The lowest BCUT2D eigenvalue weighted by atomic mass is 10.1. The molecule has 1 N–H and O–H groups in total. The van der Waals surface area contributed by atoms with Crippen LogP contribution in [0.3, 0.4) is 0 Å². The first-order valence-corrected chi connectivity index (χ1v) is 7.49. The van der Waals surface area contributed by atoms with Crippen LogP contribution in [-0.2, 0) is 4.79 Å². The van der Waals surface area contributed by atoms with Gasteiger partial charge in [0, 0.05) is 22.2 Å². The highest BCUT2D eigenvalue weighted by molar-refractivity contribution is 9.10. The summed E-state index contributed by atoms with van der Waals surface area (Å²) in [5.74, 6) is 0.274. The fourth-order valence-electron chi connectivity index (χ4n) is 1.89. The molecule has 0 saturated carbocycles. The molecule has 0 radical (unpaired) electrons. The zero-order valence-electron chi connectivity index (χ0n) is 12.6. The minimum atomic E-state index is -0.511. The molecule has 1 amide bonds. The molecule has 0 aromatic heterocycles. The number of halogens is 2. The zero-order valence-corrected chi connectivity index (χ0v) is 14.2. The number of anilines is 1. The Hall–Kier alpha value is -2.34. The summed E-state index contributed by atoms with van der Waals surface area (Å²) in [6.45, 7) is 0. The van der Waals surface area contributed by atoms with E-state index in [1.165, 1.54) is 25.3 Å². The van der Waals surface area contributed by atoms with Gasteiger partial charge in [-0.15, -0.1) is 0 Å². The van der Waals surface area contributed by atoms with E-state index in [2.05, 4.69) is 21.2 Å². The van der Waals surface area contributed by atoms with Crippen molar-refractivity contribution in [2.75, 3.05) is 19.5 Å². The van der Waals surface area contributed by atoms with Gasteiger partial charge in [-0.05, 0) is 36.4 Å². The summed E-state index contributed by atoms with van der Waals surface area (Å²) in [7, 11) is 3.09. The maximum Gasteiger partial charge on any atom is 0.248 e. The Morgan fingerprint density at radius 3 is 2.61 bits per heavy atom. The number of benzene rings is 2. The van der Waals surface area contributed by atoms with Gasteiger partial charge in [-0.25, -0.2) is 4.39 Å². The van der Waals surface area contributed by atoms with Gasteiger partial charge in [0.25, 0.3) is 0 Å². The van der Waals surface area contributed by atoms with Crippen molar-refractivity contribution in [2.45, 2.75) is 0 Å². The average molecular weight is 380 g/mol. The van der Waals surface area contributed by atoms with Crippen LogP contribution in [0, 0.1) is 5.82 Å². The Bertz CT molecular complexity index is 747. The number of hydrogen-bond donors (Lipinski definition) is 1. The Kier molecular flexibility index (Phi) is 5.76. The van der Waals surface area contributed by atoms with Crippen molar-refractivity contribution in [2.24, 2.45) is 0 Å². The number of carbonyl (C=O) groups is 1. The third kappa shape index (κ3) is 4.56. The second-order valence-electron chi connectivity index (χ2n) is 4.55. The summed E-state index contributed by atoms with van der Waals surface area (Å²) < 4.78 is 24.6. The Morgan fingerprint density at radius 1 is 1.17 bits per heavy atom. The molecule has 2 aromatic carbocycles. The van der Waals surface area contributed by atoms with Crippen molar-refractivity contribution < 1.29 is 18.7 Å². The molecule has 0 bridgehead atoms. The summed E-state index contributed by atoms with van der Waals surface area (Å²) >= 11 is 3.16. The molecule has 0 aliphatic heterocycles. The van der Waals surface area contributed by atoms with Crippen molar-refractivity contribution >= 4 is 33.6 Å². The molecular weight excluding hydrogens is 365 g/mol. The van der Waals surface area contributed by atoms with Gasteiger partial charge in [0.05, 0.1) is 19.9 Å². The van der Waals surface area contributed by atoms with Crippen molar-refractivity contribution in [3.05, 3.63) is 58.3 Å². The highest BCUT2D eigenvalue weighted by Gasteiger charge is 2.06. The second-order valence-corrected chi connectivity index (χ2v) is 5.47. The molecule has 0 aliphatic rings. The molecule has 120 valence electrons. The number of amides is 1. The normalized spacial score (nSPS) is 10.6. The third-order valence-electron chi connectivity index (χ3n) is 3.04. The number of rotatable bonds is 5. The van der Waals surface area contributed by atoms with Crippen LogP contribution in [0.5, 0.6) is 11.5 Å². The quantitative estimate of drug-likeness (QED) is 0.789. The second kappa shape index (κ2) is 7.78. The summed E-state index contributed by atoms with van der Waals surface area (Å²) in [4.78, 5) is 11.9. The van der Waals surface area contributed by atoms with Gasteiger partial charge < -0.3 is 14.8 Å². The van der Waals surface area contributed by atoms with Crippen molar-refractivity contribution in [1.29, 1.82) is 0 Å². The fourth-order valence-corrected chi connectivity index (χ4v) is 2.22. The first-order valence-electron chi connectivity index (χ1n) is 6.69. The van der Waals surface area contributed by atoms with Gasteiger partial charge >= 0.3 is 0 Å². The van der Waals surface area contributed by atoms with Gasteiger partial charge in [0.1, 0.15) is 17.3 Å². The smallest absolute Gasteiger partial charge is 0.248 e. The molecule has 6 heteroatoms. The van der Waals surface area contributed by atoms with E-state index in [4.69, 9.17) is 9.47 Å². The molecule has 0 saturated heterocycles. The Balaban J connectivity index is 2.12. The first-order chi connectivity index (χ1) is 11.0. The predicted octanol–water partition coefficient (Wildman–Crippen LogP) is 4.26. The molecule has 4 nitrogen and oxygen atoms in total. The largest absolute Gasteiger partial charge is 0.497 e. The van der Waals surface area contributed by atoms with Crippen molar-refractivity contribution in [1.82, 2.24) is 0 Å². The van der Waals surface area contributed by atoms with E-state index in [1.54, 1.807) is 37.5 Å². The molecule has 0 atom stereocenters. The Labute approximate surface area is 142 Å². The summed E-state index contributed by atoms with van der Waals surface area (Å²) in [6.07, 6.45) is 2.90. The predicted molar refractivity (Wildman–Crippen MR) is 91.3 cm³/mol. The van der Waals surface area contributed by atoms with Crippen molar-refractivity contribution in [3.8, 4) is 11.5 Å². The molecule has 0 spiro atoms. The van der Waals surface area contributed by atoms with Crippen LogP contribution in [0.15, 0.2) is 46.9 Å². The average Bonchev–Trinajstić information content (AvgIpc) is 2.55. The van der Waals surface area contributed by atoms with Crippen LogP contribution < -0.4 is 14.8 Å². The molecular formula is C17H15BrFNO3. The van der Waals surface area contributed by atoms with Crippen LogP contribution in [0.1, 0.15) is 5.56 Å². The van der Waals surface area contributed by atoms with Gasteiger partial charge in [-0.3, -0.25) is 4.79 Å². The lowest BCUT2D eigenvalue weighted by Gasteiger charge is -2.07. The molecule has 0 fully saturated rings. The van der Waals surface area contributed by atoms with Crippen LogP contribution in [-0.4, -0.2) is 20.1 Å². The van der Waals surface area contributed by atoms with Crippen molar-refractivity contribution in [3.63, 3.8) is 0 Å². The van der Waals surface area contributed by atoms with E-state index in [0.29, 0.717) is 21.5 Å². The molecule has 0 unspecified atom stereocenters. The Morgan fingerprint density at radius 2 is 1.96 bits per heavy atom. The maximum atomic E-state index is 13.7. The standard InChI is InChI=1S/C17H15BrFNO3/c1-22-13-6-3-11(16(10-13)23-2)4-8-17(21)20-15-7-5-12(18)9-14(15)19/h3-10H,1-2H3,(H,20,21)/b8-4+. The van der Waals surface area contributed by atoms with E-state index in [-0.39, 0.29) is 5.69 Å². The SMILES string of the molecule is COc1ccc(/C=C/C(=O)Nc2ccc(Br)cc2F)c(OC)c1. The summed E-state index contributed by atoms with van der Waals surface area (Å²) in [5.41, 5.74) is 0.823. The van der Waals surface area contributed by atoms with Crippen LogP contribution in [0.2, 0.25) is 0 Å². The minimum absolute atomic E-state index is 0.115. The van der Waals surface area contributed by atoms with E-state index >= 15 is 0 Å². The van der Waals surface area contributed by atoms with Crippen LogP contribution in [0.25, 0.3) is 6.08 Å².